The molecule has 1 aromatic heterocycles. The van der Waals surface area contributed by atoms with Crippen molar-refractivity contribution in [1.29, 1.82) is 0 Å². The van der Waals surface area contributed by atoms with E-state index in [1.807, 2.05) is 4.90 Å². The molecule has 108 valence electrons. The van der Waals surface area contributed by atoms with Gasteiger partial charge in [-0.05, 0) is 37.2 Å². The molecule has 2 aliphatic rings. The van der Waals surface area contributed by atoms with E-state index in [1.54, 1.807) is 6.07 Å². The summed E-state index contributed by atoms with van der Waals surface area (Å²) in [6, 6.07) is 1.56. The summed E-state index contributed by atoms with van der Waals surface area (Å²) in [5.41, 5.74) is 0.977. The average Bonchev–Trinajstić information content (AvgIpc) is 2.90. The Kier molecular flexibility index (Phi) is 3.91. The first-order chi connectivity index (χ1) is 9.60. The summed E-state index contributed by atoms with van der Waals surface area (Å²) in [6.45, 7) is 1.66. The number of rotatable bonds is 1. The van der Waals surface area contributed by atoms with E-state index >= 15 is 0 Å². The van der Waals surface area contributed by atoms with Gasteiger partial charge in [0.05, 0.1) is 10.6 Å². The molecule has 1 amide bonds. The fraction of sp³-hybridized carbons (Fsp3) is 0.600. The van der Waals surface area contributed by atoms with Crippen molar-refractivity contribution in [3.05, 3.63) is 28.0 Å². The molecule has 20 heavy (non-hydrogen) atoms. The Morgan fingerprint density at radius 2 is 1.80 bits per heavy atom. The summed E-state index contributed by atoms with van der Waals surface area (Å²) in [4.78, 5) is 18.3. The maximum atomic E-state index is 12.5. The van der Waals surface area contributed by atoms with E-state index < -0.39 is 0 Å². The van der Waals surface area contributed by atoms with E-state index in [0.717, 1.165) is 25.9 Å². The molecule has 1 saturated carbocycles. The highest BCUT2D eigenvalue weighted by Crippen LogP contribution is 2.46. The zero-order chi connectivity index (χ0) is 14.2. The molecule has 2 heterocycles. The van der Waals surface area contributed by atoms with E-state index in [4.69, 9.17) is 23.2 Å². The zero-order valence-electron chi connectivity index (χ0n) is 11.4. The standard InChI is InChI=1S/C15H18Cl2N2O/c16-12-10-18-13(17)9-11(12)14(20)19-7-5-15(6-8-19)3-1-2-4-15/h9-10H,1-8H2. The van der Waals surface area contributed by atoms with E-state index in [9.17, 15) is 4.79 Å². The first kappa shape index (κ1) is 14.2. The van der Waals surface area contributed by atoms with Gasteiger partial charge in [0.1, 0.15) is 5.15 Å². The van der Waals surface area contributed by atoms with Crippen LogP contribution in [0.1, 0.15) is 48.9 Å². The summed E-state index contributed by atoms with van der Waals surface area (Å²) >= 11 is 11.9. The summed E-state index contributed by atoms with van der Waals surface area (Å²) in [5, 5.41) is 0.683. The molecule has 0 aromatic carbocycles. The van der Waals surface area contributed by atoms with Crippen LogP contribution < -0.4 is 0 Å². The van der Waals surface area contributed by atoms with Gasteiger partial charge in [-0.2, -0.15) is 0 Å². The minimum atomic E-state index is -0.0212. The van der Waals surface area contributed by atoms with Gasteiger partial charge in [-0.15, -0.1) is 0 Å². The molecule has 0 N–H and O–H groups in total. The number of halogens is 2. The molecular formula is C15H18Cl2N2O. The van der Waals surface area contributed by atoms with E-state index in [-0.39, 0.29) is 5.91 Å². The average molecular weight is 313 g/mol. The Morgan fingerprint density at radius 1 is 1.15 bits per heavy atom. The van der Waals surface area contributed by atoms with Crippen LogP contribution in [-0.4, -0.2) is 28.9 Å². The van der Waals surface area contributed by atoms with Crippen LogP contribution in [0.3, 0.4) is 0 Å². The number of likely N-dealkylation sites (tertiary alicyclic amines) is 1. The van der Waals surface area contributed by atoms with Gasteiger partial charge < -0.3 is 4.90 Å². The molecule has 1 aliphatic carbocycles. The smallest absolute Gasteiger partial charge is 0.255 e. The Hall–Kier alpha value is -0.800. The molecule has 0 radical (unpaired) electrons. The number of hydrogen-bond acceptors (Lipinski definition) is 2. The third kappa shape index (κ3) is 2.66. The summed E-state index contributed by atoms with van der Waals surface area (Å²) in [7, 11) is 0. The topological polar surface area (TPSA) is 33.2 Å². The summed E-state index contributed by atoms with van der Waals surface area (Å²) < 4.78 is 0. The number of nitrogens with zero attached hydrogens (tertiary/aromatic N) is 2. The van der Waals surface area contributed by atoms with Crippen molar-refractivity contribution in [3.63, 3.8) is 0 Å². The number of aromatic nitrogens is 1. The number of amides is 1. The Labute approximate surface area is 129 Å². The van der Waals surface area contributed by atoms with Crippen LogP contribution in [0.4, 0.5) is 0 Å². The SMILES string of the molecule is O=C(c1cc(Cl)ncc1Cl)N1CCC2(CCCC2)CC1. The third-order valence-electron chi connectivity index (χ3n) is 4.83. The number of carbonyl (C=O) groups excluding carboxylic acids is 1. The van der Waals surface area contributed by atoms with Crippen molar-refractivity contribution in [2.24, 2.45) is 5.41 Å². The van der Waals surface area contributed by atoms with Crippen molar-refractivity contribution >= 4 is 29.1 Å². The number of piperidine rings is 1. The fourth-order valence-electron chi connectivity index (χ4n) is 3.56. The van der Waals surface area contributed by atoms with Crippen LogP contribution in [0.2, 0.25) is 10.2 Å². The van der Waals surface area contributed by atoms with Gasteiger partial charge in [-0.25, -0.2) is 4.98 Å². The largest absolute Gasteiger partial charge is 0.339 e. The first-order valence-corrected chi connectivity index (χ1v) is 7.96. The zero-order valence-corrected chi connectivity index (χ0v) is 12.9. The molecule has 3 nitrogen and oxygen atoms in total. The summed E-state index contributed by atoms with van der Waals surface area (Å²) in [6.07, 6.45) is 9.04. The molecule has 3 rings (SSSR count). The van der Waals surface area contributed by atoms with Crippen LogP contribution in [0, 0.1) is 5.41 Å². The third-order valence-corrected chi connectivity index (χ3v) is 5.34. The normalized spacial score (nSPS) is 21.4. The predicted molar refractivity (Wildman–Crippen MR) is 80.3 cm³/mol. The summed E-state index contributed by atoms with van der Waals surface area (Å²) in [5.74, 6) is -0.0212. The quantitative estimate of drug-likeness (QED) is 0.729. The molecule has 0 unspecified atom stereocenters. The minimum absolute atomic E-state index is 0.0212. The Bertz CT molecular complexity index is 517. The second-order valence-corrected chi connectivity index (χ2v) is 6.78. The van der Waals surface area contributed by atoms with Gasteiger partial charge in [-0.3, -0.25) is 4.79 Å². The van der Waals surface area contributed by atoms with Gasteiger partial charge >= 0.3 is 0 Å². The molecule has 1 spiro atoms. The molecule has 0 atom stereocenters. The number of carbonyl (C=O) groups is 1. The second-order valence-electron chi connectivity index (χ2n) is 5.99. The predicted octanol–water partition coefficient (Wildman–Crippen LogP) is 4.18. The Morgan fingerprint density at radius 3 is 2.45 bits per heavy atom. The van der Waals surface area contributed by atoms with Crippen LogP contribution in [0.25, 0.3) is 0 Å². The van der Waals surface area contributed by atoms with Crippen molar-refractivity contribution in [1.82, 2.24) is 9.88 Å². The van der Waals surface area contributed by atoms with Crippen molar-refractivity contribution in [3.8, 4) is 0 Å². The molecule has 1 saturated heterocycles. The second kappa shape index (κ2) is 5.53. The number of hydrogen-bond donors (Lipinski definition) is 0. The lowest BCUT2D eigenvalue weighted by atomic mass is 9.77. The van der Waals surface area contributed by atoms with Gasteiger partial charge in [-0.1, -0.05) is 36.0 Å². The highest BCUT2D eigenvalue weighted by atomic mass is 35.5. The van der Waals surface area contributed by atoms with E-state index in [0.29, 0.717) is 21.2 Å². The molecule has 5 heteroatoms. The van der Waals surface area contributed by atoms with Crippen LogP contribution in [0.15, 0.2) is 12.3 Å². The molecular weight excluding hydrogens is 295 g/mol. The Balaban J connectivity index is 1.71. The number of pyridine rings is 1. The van der Waals surface area contributed by atoms with E-state index in [2.05, 4.69) is 4.98 Å². The molecule has 0 bridgehead atoms. The monoisotopic (exact) mass is 312 g/mol. The van der Waals surface area contributed by atoms with Gasteiger partial charge in [0, 0.05) is 19.3 Å². The maximum absolute atomic E-state index is 12.5. The highest BCUT2D eigenvalue weighted by Gasteiger charge is 2.38. The lowest BCUT2D eigenvalue weighted by molar-refractivity contribution is 0.0587. The maximum Gasteiger partial charge on any atom is 0.255 e. The van der Waals surface area contributed by atoms with Gasteiger partial charge in [0.25, 0.3) is 5.91 Å². The molecule has 1 aliphatic heterocycles. The first-order valence-electron chi connectivity index (χ1n) is 7.20. The highest BCUT2D eigenvalue weighted by molar-refractivity contribution is 6.35. The fourth-order valence-corrected chi connectivity index (χ4v) is 3.90. The van der Waals surface area contributed by atoms with Gasteiger partial charge in [0.2, 0.25) is 0 Å². The van der Waals surface area contributed by atoms with Crippen molar-refractivity contribution in [2.75, 3.05) is 13.1 Å². The lowest BCUT2D eigenvalue weighted by Gasteiger charge is -2.39. The molecule has 2 fully saturated rings. The van der Waals surface area contributed by atoms with E-state index in [1.165, 1.54) is 31.9 Å². The molecule has 1 aromatic rings. The lowest BCUT2D eigenvalue weighted by Crippen LogP contribution is -2.42. The van der Waals surface area contributed by atoms with Gasteiger partial charge in [0.15, 0.2) is 0 Å². The van der Waals surface area contributed by atoms with Crippen molar-refractivity contribution < 1.29 is 4.79 Å². The van der Waals surface area contributed by atoms with Crippen molar-refractivity contribution in [2.45, 2.75) is 38.5 Å². The van der Waals surface area contributed by atoms with Crippen LogP contribution in [-0.2, 0) is 0 Å². The van der Waals surface area contributed by atoms with Crippen LogP contribution >= 0.6 is 23.2 Å². The van der Waals surface area contributed by atoms with Crippen LogP contribution in [0.5, 0.6) is 0 Å². The minimum Gasteiger partial charge on any atom is -0.339 e.